The zero-order chi connectivity index (χ0) is 19.0. The summed E-state index contributed by atoms with van der Waals surface area (Å²) in [5.41, 5.74) is 4.46. The average Bonchev–Trinajstić information content (AvgIpc) is 3.01. The number of esters is 1. The summed E-state index contributed by atoms with van der Waals surface area (Å²) in [6.45, 7) is 3.22. The number of aromatic nitrogens is 2. The fraction of sp³-hybridized carbons (Fsp3) is 0.143. The molecule has 1 aromatic heterocycles. The Morgan fingerprint density at radius 1 is 1.22 bits per heavy atom. The maximum Gasteiger partial charge on any atom is 0.304 e. The van der Waals surface area contributed by atoms with E-state index in [0.717, 1.165) is 22.5 Å². The van der Waals surface area contributed by atoms with E-state index in [4.69, 9.17) is 9.73 Å². The van der Waals surface area contributed by atoms with Gasteiger partial charge >= 0.3 is 5.97 Å². The molecule has 132 valence electrons. The molecule has 0 spiro atoms. The van der Waals surface area contributed by atoms with Crippen molar-refractivity contribution in [2.75, 3.05) is 0 Å². The second kappa shape index (κ2) is 6.54. The molecular weight excluding hydrogens is 340 g/mol. The number of imidazole rings is 1. The lowest BCUT2D eigenvalue weighted by Crippen LogP contribution is -2.11. The van der Waals surface area contributed by atoms with Crippen molar-refractivity contribution in [1.29, 1.82) is 5.26 Å². The summed E-state index contributed by atoms with van der Waals surface area (Å²) >= 11 is 0. The third-order valence-corrected chi connectivity index (χ3v) is 4.29. The lowest BCUT2D eigenvalue weighted by molar-refractivity contribution is -0.146. The molecule has 3 aromatic rings. The van der Waals surface area contributed by atoms with E-state index in [2.05, 4.69) is 11.1 Å². The van der Waals surface area contributed by atoms with Crippen molar-refractivity contribution in [2.24, 2.45) is 4.99 Å². The Labute approximate surface area is 156 Å². The van der Waals surface area contributed by atoms with Gasteiger partial charge in [0.1, 0.15) is 0 Å². The fourth-order valence-electron chi connectivity index (χ4n) is 3.20. The van der Waals surface area contributed by atoms with E-state index in [1.165, 1.54) is 6.92 Å². The molecule has 0 bridgehead atoms. The number of nitriles is 1. The third-order valence-electron chi connectivity index (χ3n) is 4.29. The largest absolute Gasteiger partial charge is 0.432 e. The molecule has 6 heteroatoms. The first-order valence-corrected chi connectivity index (χ1v) is 8.48. The van der Waals surface area contributed by atoms with E-state index < -0.39 is 12.2 Å². The summed E-state index contributed by atoms with van der Waals surface area (Å²) in [6, 6.07) is 17.2. The molecule has 0 saturated carbocycles. The minimum atomic E-state index is -0.871. The van der Waals surface area contributed by atoms with Crippen LogP contribution >= 0.6 is 0 Å². The fourth-order valence-corrected chi connectivity index (χ4v) is 3.20. The zero-order valence-corrected chi connectivity index (χ0v) is 14.9. The van der Waals surface area contributed by atoms with Gasteiger partial charge in [0.15, 0.2) is 5.82 Å². The van der Waals surface area contributed by atoms with Crippen LogP contribution in [0.5, 0.6) is 0 Å². The number of hydrogen-bond donors (Lipinski definition) is 0. The van der Waals surface area contributed by atoms with Crippen molar-refractivity contribution in [3.8, 4) is 11.8 Å². The number of fused-ring (bicyclic) bond motifs is 3. The molecule has 27 heavy (non-hydrogen) atoms. The molecule has 2 heterocycles. The summed E-state index contributed by atoms with van der Waals surface area (Å²) in [4.78, 5) is 21.0. The summed E-state index contributed by atoms with van der Waals surface area (Å²) in [7, 11) is 0. The first kappa shape index (κ1) is 16.7. The second-order valence-corrected chi connectivity index (χ2v) is 6.26. The number of rotatable bonds is 2. The minimum absolute atomic E-state index is 0.438. The van der Waals surface area contributed by atoms with Crippen molar-refractivity contribution in [1.82, 2.24) is 9.55 Å². The maximum atomic E-state index is 11.7. The highest BCUT2D eigenvalue weighted by molar-refractivity contribution is 6.15. The van der Waals surface area contributed by atoms with Gasteiger partial charge in [0.25, 0.3) is 6.23 Å². The van der Waals surface area contributed by atoms with E-state index in [9.17, 15) is 10.1 Å². The standard InChI is InChI=1S/C21H16N4O2/c1-13-12-25-18-9-8-15(11-22)10-17(18)19(16-6-4-3-5-7-16)24-21(20(25)23-13)27-14(2)26/h3-10,12,21H,1-2H3. The lowest BCUT2D eigenvalue weighted by atomic mass is 9.98. The molecule has 0 radical (unpaired) electrons. The molecule has 0 fully saturated rings. The predicted molar refractivity (Wildman–Crippen MR) is 99.6 cm³/mol. The Morgan fingerprint density at radius 2 is 2.00 bits per heavy atom. The predicted octanol–water partition coefficient (Wildman–Crippen LogP) is 3.47. The number of ether oxygens (including phenoxy) is 1. The summed E-state index contributed by atoms with van der Waals surface area (Å²) in [6.07, 6.45) is 1.00. The monoisotopic (exact) mass is 356 g/mol. The van der Waals surface area contributed by atoms with Crippen molar-refractivity contribution < 1.29 is 9.53 Å². The molecule has 0 saturated heterocycles. The number of carbonyl (C=O) groups is 1. The van der Waals surface area contributed by atoms with E-state index in [-0.39, 0.29) is 0 Å². The Morgan fingerprint density at radius 3 is 2.70 bits per heavy atom. The van der Waals surface area contributed by atoms with Crippen molar-refractivity contribution in [2.45, 2.75) is 20.1 Å². The van der Waals surface area contributed by atoms with Gasteiger partial charge in [0.05, 0.1) is 28.7 Å². The Bertz CT molecular complexity index is 1110. The van der Waals surface area contributed by atoms with Gasteiger partial charge in [-0.15, -0.1) is 0 Å². The number of aryl methyl sites for hydroxylation is 1. The van der Waals surface area contributed by atoms with Crippen molar-refractivity contribution in [3.63, 3.8) is 0 Å². The van der Waals surface area contributed by atoms with Gasteiger partial charge < -0.3 is 4.74 Å². The Kier molecular flexibility index (Phi) is 4.05. The van der Waals surface area contributed by atoms with Crippen LogP contribution in [-0.2, 0) is 9.53 Å². The molecule has 0 aliphatic carbocycles. The first-order valence-electron chi connectivity index (χ1n) is 8.48. The summed E-state index contributed by atoms with van der Waals surface area (Å²) < 4.78 is 7.35. The van der Waals surface area contributed by atoms with Crippen molar-refractivity contribution in [3.05, 3.63) is 82.9 Å². The van der Waals surface area contributed by atoms with Gasteiger partial charge in [-0.2, -0.15) is 5.26 Å². The number of hydrogen-bond acceptors (Lipinski definition) is 5. The number of aliphatic imine (C=N–C) groups is 1. The van der Waals surface area contributed by atoms with Crippen molar-refractivity contribution >= 4 is 11.7 Å². The van der Waals surface area contributed by atoms with Crippen LogP contribution in [0.4, 0.5) is 0 Å². The summed E-state index contributed by atoms with van der Waals surface area (Å²) in [5, 5.41) is 9.36. The van der Waals surface area contributed by atoms with Crippen LogP contribution in [0, 0.1) is 18.3 Å². The van der Waals surface area contributed by atoms with Crippen LogP contribution in [0.3, 0.4) is 0 Å². The molecule has 0 amide bonds. The molecular formula is C21H16N4O2. The van der Waals surface area contributed by atoms with Gasteiger partial charge in [0.2, 0.25) is 0 Å². The average molecular weight is 356 g/mol. The second-order valence-electron chi connectivity index (χ2n) is 6.26. The summed E-state index contributed by atoms with van der Waals surface area (Å²) in [5.74, 6) is 0.0895. The molecule has 2 aromatic carbocycles. The van der Waals surface area contributed by atoms with Gasteiger partial charge in [-0.25, -0.2) is 9.98 Å². The van der Waals surface area contributed by atoms with Crippen LogP contribution < -0.4 is 0 Å². The molecule has 0 N–H and O–H groups in total. The van der Waals surface area contributed by atoms with Gasteiger partial charge in [-0.05, 0) is 25.1 Å². The topological polar surface area (TPSA) is 80.3 Å². The normalized spacial score (nSPS) is 15.0. The molecule has 4 rings (SSSR count). The Balaban J connectivity index is 2.04. The highest BCUT2D eigenvalue weighted by Gasteiger charge is 2.28. The maximum absolute atomic E-state index is 11.7. The van der Waals surface area contributed by atoms with Crippen LogP contribution in [-0.4, -0.2) is 21.2 Å². The van der Waals surface area contributed by atoms with Gasteiger partial charge in [-0.1, -0.05) is 30.3 Å². The lowest BCUT2D eigenvalue weighted by Gasteiger charge is -2.12. The van der Waals surface area contributed by atoms with E-state index in [1.807, 2.05) is 54.1 Å². The van der Waals surface area contributed by atoms with E-state index in [1.54, 1.807) is 12.1 Å². The van der Waals surface area contributed by atoms with E-state index in [0.29, 0.717) is 17.1 Å². The molecule has 1 unspecified atom stereocenters. The highest BCUT2D eigenvalue weighted by atomic mass is 16.6. The van der Waals surface area contributed by atoms with Gasteiger partial charge in [-0.3, -0.25) is 9.36 Å². The molecule has 6 nitrogen and oxygen atoms in total. The third kappa shape index (κ3) is 3.00. The van der Waals surface area contributed by atoms with E-state index >= 15 is 0 Å². The van der Waals surface area contributed by atoms with Gasteiger partial charge in [0, 0.05) is 24.2 Å². The van der Waals surface area contributed by atoms with Crippen LogP contribution in [0.2, 0.25) is 0 Å². The number of benzene rings is 2. The Hall–Kier alpha value is -3.72. The first-order chi connectivity index (χ1) is 13.1. The number of nitrogens with zero attached hydrogens (tertiary/aromatic N) is 4. The van der Waals surface area contributed by atoms with Crippen LogP contribution in [0.25, 0.3) is 5.69 Å². The van der Waals surface area contributed by atoms with Crippen LogP contribution in [0.1, 0.15) is 41.4 Å². The molecule has 1 aliphatic heterocycles. The SMILES string of the molecule is CC(=O)OC1N=C(c2ccccc2)c2cc(C#N)ccc2-n2cc(C)nc21. The molecule has 1 atom stereocenters. The minimum Gasteiger partial charge on any atom is -0.432 e. The van der Waals surface area contributed by atoms with Crippen LogP contribution in [0.15, 0.2) is 59.7 Å². The molecule has 1 aliphatic rings. The quantitative estimate of drug-likeness (QED) is 0.659. The highest BCUT2D eigenvalue weighted by Crippen LogP contribution is 2.32. The zero-order valence-electron chi connectivity index (χ0n) is 14.9. The number of carbonyl (C=O) groups excluding carboxylic acids is 1. The smallest absolute Gasteiger partial charge is 0.304 e.